The summed E-state index contributed by atoms with van der Waals surface area (Å²) in [7, 11) is -5.96. The molecule has 1 aromatic heterocycles. The van der Waals surface area contributed by atoms with Crippen LogP contribution in [0.2, 0.25) is 10.0 Å². The predicted octanol–water partition coefficient (Wildman–Crippen LogP) is 0.836. The molecule has 34 heavy (non-hydrogen) atoms. The summed E-state index contributed by atoms with van der Waals surface area (Å²) < 4.78 is 55.1. The van der Waals surface area contributed by atoms with Crippen molar-refractivity contribution in [2.45, 2.75) is 19.4 Å². The fourth-order valence-corrected chi connectivity index (χ4v) is 6.05. The number of amides is 2. The van der Waals surface area contributed by atoms with Gasteiger partial charge in [-0.1, -0.05) is 23.2 Å². The van der Waals surface area contributed by atoms with Gasteiger partial charge in [-0.3, -0.25) is 9.59 Å². The minimum absolute atomic E-state index is 0.0273. The molecule has 0 radical (unpaired) electrons. The van der Waals surface area contributed by atoms with Crippen molar-refractivity contribution in [1.29, 1.82) is 0 Å². The maximum absolute atomic E-state index is 13.1. The van der Waals surface area contributed by atoms with Crippen LogP contribution in [-0.4, -0.2) is 69.5 Å². The fraction of sp³-hybridized carbons (Fsp3) is 0.474. The Labute approximate surface area is 208 Å². The number of aryl methyl sites for hydroxylation is 1. The topological polar surface area (TPSA) is 147 Å². The van der Waals surface area contributed by atoms with E-state index in [2.05, 4.69) is 10.0 Å². The number of carbonyl (C=O) groups is 2. The Hall–Kier alpha value is -1.90. The smallest absolute Gasteiger partial charge is 0.303 e. The van der Waals surface area contributed by atoms with E-state index in [1.807, 2.05) is 4.72 Å². The quantitative estimate of drug-likeness (QED) is 0.462. The third kappa shape index (κ3) is 6.01. The molecule has 0 saturated carbocycles. The van der Waals surface area contributed by atoms with Gasteiger partial charge in [0.05, 0.1) is 16.3 Å². The van der Waals surface area contributed by atoms with Gasteiger partial charge in [0.15, 0.2) is 0 Å². The molecule has 2 atom stereocenters. The maximum Gasteiger partial charge on any atom is 0.303 e. The van der Waals surface area contributed by atoms with Crippen LogP contribution in [0, 0.1) is 5.92 Å². The standard InChI is InChI=1S/C19H25Cl2N5O6S2/c1-11(27)24-34(31,32)26-7-6-15(12(10-26)9-22-33(3,29)30)23-19(28)17-8-13-16(25(17)2)5-4-14(20)18(13)21/h4-5,8,12,15,22H,6-7,9-10H2,1-3H3,(H,23,28)(H,24,27)/t12-,15-/m1/s1. The van der Waals surface area contributed by atoms with E-state index in [0.717, 1.165) is 17.5 Å². The van der Waals surface area contributed by atoms with Crippen molar-refractivity contribution in [3.05, 3.63) is 33.9 Å². The molecule has 2 amide bonds. The van der Waals surface area contributed by atoms with Gasteiger partial charge < -0.3 is 9.88 Å². The molecule has 2 aromatic rings. The van der Waals surface area contributed by atoms with Crippen molar-refractivity contribution in [1.82, 2.24) is 23.6 Å². The molecule has 0 aliphatic carbocycles. The number of halogens is 2. The van der Waals surface area contributed by atoms with Crippen LogP contribution in [-0.2, 0) is 32.1 Å². The molecule has 1 saturated heterocycles. The molecule has 1 aromatic carbocycles. The zero-order chi connectivity index (χ0) is 25.4. The van der Waals surface area contributed by atoms with Crippen LogP contribution in [0.3, 0.4) is 0 Å². The lowest BCUT2D eigenvalue weighted by molar-refractivity contribution is -0.117. The number of piperidine rings is 1. The highest BCUT2D eigenvalue weighted by atomic mass is 35.5. The number of benzene rings is 1. The summed E-state index contributed by atoms with van der Waals surface area (Å²) in [6.07, 6.45) is 1.19. The second-order valence-electron chi connectivity index (χ2n) is 8.15. The minimum Gasteiger partial charge on any atom is -0.348 e. The normalized spacial score (nSPS) is 19.8. The summed E-state index contributed by atoms with van der Waals surface area (Å²) in [5.41, 5.74) is 1.01. The summed E-state index contributed by atoms with van der Waals surface area (Å²) in [5.74, 6) is -1.77. The molecule has 2 heterocycles. The largest absolute Gasteiger partial charge is 0.348 e. The van der Waals surface area contributed by atoms with Gasteiger partial charge in [-0.05, 0) is 24.6 Å². The zero-order valence-corrected chi connectivity index (χ0v) is 21.8. The number of nitrogens with zero attached hydrogens (tertiary/aromatic N) is 2. The molecule has 188 valence electrons. The van der Waals surface area contributed by atoms with Crippen LogP contribution in [0.4, 0.5) is 0 Å². The molecular formula is C19H25Cl2N5O6S2. The Morgan fingerprint density at radius 2 is 1.85 bits per heavy atom. The first-order valence-corrected chi connectivity index (χ1v) is 14.3. The number of fused-ring (bicyclic) bond motifs is 1. The van der Waals surface area contributed by atoms with Gasteiger partial charge in [0, 0.05) is 56.5 Å². The summed E-state index contributed by atoms with van der Waals surface area (Å²) in [6, 6.07) is 4.44. The van der Waals surface area contributed by atoms with Crippen molar-refractivity contribution in [2.24, 2.45) is 13.0 Å². The second kappa shape index (κ2) is 9.99. The van der Waals surface area contributed by atoms with Crippen molar-refractivity contribution < 1.29 is 26.4 Å². The molecule has 1 aliphatic heterocycles. The number of hydrogen-bond acceptors (Lipinski definition) is 6. The van der Waals surface area contributed by atoms with Crippen molar-refractivity contribution in [3.8, 4) is 0 Å². The van der Waals surface area contributed by atoms with Gasteiger partial charge in [-0.25, -0.2) is 17.9 Å². The van der Waals surface area contributed by atoms with Crippen molar-refractivity contribution in [2.75, 3.05) is 25.9 Å². The fourth-order valence-electron chi connectivity index (χ4n) is 3.93. The molecule has 1 fully saturated rings. The Balaban J connectivity index is 1.84. The number of aromatic nitrogens is 1. The number of sulfonamides is 1. The SMILES string of the molecule is CC(=O)NS(=O)(=O)N1CC[C@@H](NC(=O)c2cc3c(Cl)c(Cl)ccc3n2C)[C@H](CNS(C)(=O)=O)C1. The molecule has 1 aliphatic rings. The van der Waals surface area contributed by atoms with Gasteiger partial charge in [0.1, 0.15) is 5.69 Å². The van der Waals surface area contributed by atoms with Gasteiger partial charge in [0.2, 0.25) is 15.9 Å². The first-order valence-electron chi connectivity index (χ1n) is 10.2. The van der Waals surface area contributed by atoms with Crippen LogP contribution in [0.25, 0.3) is 10.9 Å². The Morgan fingerprint density at radius 3 is 2.47 bits per heavy atom. The Bertz CT molecular complexity index is 1340. The molecule has 0 spiro atoms. The van der Waals surface area contributed by atoms with Crippen LogP contribution in [0.5, 0.6) is 0 Å². The monoisotopic (exact) mass is 553 g/mol. The van der Waals surface area contributed by atoms with Gasteiger partial charge in [0.25, 0.3) is 5.91 Å². The maximum atomic E-state index is 13.1. The first kappa shape index (κ1) is 26.7. The highest BCUT2D eigenvalue weighted by Gasteiger charge is 2.36. The lowest BCUT2D eigenvalue weighted by Gasteiger charge is -2.38. The number of carbonyl (C=O) groups excluding carboxylic acids is 2. The average Bonchev–Trinajstić information content (AvgIpc) is 3.05. The number of rotatable bonds is 7. The molecule has 3 rings (SSSR count). The van der Waals surface area contributed by atoms with E-state index in [-0.39, 0.29) is 26.1 Å². The highest BCUT2D eigenvalue weighted by molar-refractivity contribution is 7.88. The van der Waals surface area contributed by atoms with E-state index in [1.54, 1.807) is 29.8 Å². The van der Waals surface area contributed by atoms with E-state index in [0.29, 0.717) is 26.6 Å². The molecule has 15 heteroatoms. The Kier molecular flexibility index (Phi) is 7.85. The molecule has 11 nitrogen and oxygen atoms in total. The molecular weight excluding hydrogens is 529 g/mol. The molecule has 0 unspecified atom stereocenters. The van der Waals surface area contributed by atoms with Gasteiger partial charge in [-0.15, -0.1) is 0 Å². The predicted molar refractivity (Wildman–Crippen MR) is 129 cm³/mol. The lowest BCUT2D eigenvalue weighted by atomic mass is 9.93. The van der Waals surface area contributed by atoms with Crippen molar-refractivity contribution in [3.63, 3.8) is 0 Å². The second-order valence-corrected chi connectivity index (χ2v) is 12.4. The van der Waals surface area contributed by atoms with Crippen molar-refractivity contribution >= 4 is 66.2 Å². The third-order valence-corrected chi connectivity index (χ3v) is 8.65. The zero-order valence-electron chi connectivity index (χ0n) is 18.6. The summed E-state index contributed by atoms with van der Waals surface area (Å²) >= 11 is 12.4. The first-order chi connectivity index (χ1) is 15.7. The number of nitrogens with one attached hydrogen (secondary N) is 3. The summed E-state index contributed by atoms with van der Waals surface area (Å²) in [4.78, 5) is 24.4. The van der Waals surface area contributed by atoms with Gasteiger partial charge >= 0.3 is 10.2 Å². The molecule has 3 N–H and O–H groups in total. The van der Waals surface area contributed by atoms with E-state index >= 15 is 0 Å². The van der Waals surface area contributed by atoms with E-state index in [4.69, 9.17) is 23.2 Å². The lowest BCUT2D eigenvalue weighted by Crippen LogP contribution is -2.57. The van der Waals surface area contributed by atoms with E-state index < -0.39 is 44.0 Å². The third-order valence-electron chi connectivity index (χ3n) is 5.58. The summed E-state index contributed by atoms with van der Waals surface area (Å²) in [5, 5.41) is 4.17. The van der Waals surface area contributed by atoms with Crippen LogP contribution in [0.1, 0.15) is 23.8 Å². The highest BCUT2D eigenvalue weighted by Crippen LogP contribution is 2.32. The summed E-state index contributed by atoms with van der Waals surface area (Å²) in [6.45, 7) is 0.898. The van der Waals surface area contributed by atoms with Gasteiger partial charge in [-0.2, -0.15) is 12.7 Å². The van der Waals surface area contributed by atoms with Crippen LogP contribution < -0.4 is 14.8 Å². The minimum atomic E-state index is -4.09. The average molecular weight is 554 g/mol. The number of hydrogen-bond donors (Lipinski definition) is 3. The van der Waals surface area contributed by atoms with E-state index in [1.165, 1.54) is 0 Å². The van der Waals surface area contributed by atoms with E-state index in [9.17, 15) is 26.4 Å². The molecule has 0 bridgehead atoms. The van der Waals surface area contributed by atoms with Crippen LogP contribution >= 0.6 is 23.2 Å². The van der Waals surface area contributed by atoms with Crippen LogP contribution in [0.15, 0.2) is 18.2 Å². The Morgan fingerprint density at radius 1 is 1.18 bits per heavy atom.